The van der Waals surface area contributed by atoms with E-state index in [2.05, 4.69) is 32.9 Å². The van der Waals surface area contributed by atoms with E-state index in [0.717, 1.165) is 6.42 Å². The maximum absolute atomic E-state index is 9.12. The Kier molecular flexibility index (Phi) is 7.65. The molecule has 0 saturated heterocycles. The van der Waals surface area contributed by atoms with Crippen LogP contribution in [0.25, 0.3) is 0 Å². The van der Waals surface area contributed by atoms with Crippen LogP contribution < -0.4 is 0 Å². The molecule has 0 heterocycles. The van der Waals surface area contributed by atoms with Crippen LogP contribution in [0.3, 0.4) is 0 Å². The van der Waals surface area contributed by atoms with Crippen molar-refractivity contribution in [3.8, 4) is 0 Å². The molecule has 0 fully saturated rings. The van der Waals surface area contributed by atoms with Crippen molar-refractivity contribution < 1.29 is 5.11 Å². The van der Waals surface area contributed by atoms with Gasteiger partial charge in [-0.1, -0.05) is 0 Å². The Balaban J connectivity index is 3.99. The van der Waals surface area contributed by atoms with Crippen LogP contribution in [-0.2, 0) is 0 Å². The quantitative estimate of drug-likeness (QED) is 0.544. The normalized spacial score (nSPS) is 14.9. The summed E-state index contributed by atoms with van der Waals surface area (Å²) in [5.74, 6) is 0. The molecule has 0 aromatic heterocycles. The van der Waals surface area contributed by atoms with Gasteiger partial charge in [0.05, 0.1) is 0 Å². The first kappa shape index (κ1) is 14.2. The van der Waals surface area contributed by atoms with E-state index >= 15 is 0 Å². The van der Waals surface area contributed by atoms with E-state index in [1.807, 2.05) is 6.92 Å². The summed E-state index contributed by atoms with van der Waals surface area (Å²) < 4.78 is 0. The second-order valence-electron chi connectivity index (χ2n) is 4.32. The third kappa shape index (κ3) is 5.20. The third-order valence-corrected chi connectivity index (χ3v) is 15.2. The standard InChI is InChI=1S/C12H26GeO/c1-5-13(6-2,7-3)11-9-8-10-12(4)14/h8-9,12,14H,5-7,10-11H2,1-4H3/b9-8-. The van der Waals surface area contributed by atoms with Crippen molar-refractivity contribution in [3.05, 3.63) is 12.2 Å². The molecule has 0 saturated carbocycles. The zero-order valence-corrected chi connectivity index (χ0v) is 12.3. The van der Waals surface area contributed by atoms with Crippen molar-refractivity contribution in [2.75, 3.05) is 0 Å². The topological polar surface area (TPSA) is 20.2 Å². The number of hydrogen-bond donors (Lipinski definition) is 1. The van der Waals surface area contributed by atoms with Gasteiger partial charge in [0.25, 0.3) is 0 Å². The first-order valence-corrected chi connectivity index (χ1v) is 11.9. The SMILES string of the molecule is C[CH2][Ge]([CH2]C)([CH2]C)[CH2]/C=C\CC(C)O. The minimum atomic E-state index is -1.47. The third-order valence-electron chi connectivity index (χ3n) is 3.44. The van der Waals surface area contributed by atoms with Crippen LogP contribution in [0, 0.1) is 0 Å². The molecule has 1 unspecified atom stereocenters. The van der Waals surface area contributed by atoms with Crippen LogP contribution in [0.5, 0.6) is 0 Å². The molecular weight excluding hydrogens is 233 g/mol. The number of aliphatic hydroxyl groups is 1. The summed E-state index contributed by atoms with van der Waals surface area (Å²) in [5.41, 5.74) is 0. The van der Waals surface area contributed by atoms with E-state index in [1.165, 1.54) is 21.0 Å². The van der Waals surface area contributed by atoms with Crippen LogP contribution in [-0.4, -0.2) is 24.5 Å². The molecule has 1 nitrogen and oxygen atoms in total. The summed E-state index contributed by atoms with van der Waals surface area (Å²) in [4.78, 5) is 0. The van der Waals surface area contributed by atoms with Crippen LogP contribution in [0.2, 0.25) is 21.0 Å². The number of allylic oxidation sites excluding steroid dienone is 1. The van der Waals surface area contributed by atoms with Crippen LogP contribution >= 0.6 is 0 Å². The fraction of sp³-hybridized carbons (Fsp3) is 0.833. The average Bonchev–Trinajstić information content (AvgIpc) is 2.19. The monoisotopic (exact) mass is 260 g/mol. The van der Waals surface area contributed by atoms with E-state index in [0.29, 0.717) is 0 Å². The van der Waals surface area contributed by atoms with Crippen molar-refractivity contribution in [3.63, 3.8) is 0 Å². The van der Waals surface area contributed by atoms with Crippen molar-refractivity contribution in [1.29, 1.82) is 0 Å². The summed E-state index contributed by atoms with van der Waals surface area (Å²) in [6, 6.07) is 0. The Bertz CT molecular complexity index is 151. The van der Waals surface area contributed by atoms with Crippen molar-refractivity contribution >= 4 is 13.3 Å². The Morgan fingerprint density at radius 3 is 1.93 bits per heavy atom. The molecule has 0 bridgehead atoms. The fourth-order valence-corrected chi connectivity index (χ4v) is 8.17. The van der Waals surface area contributed by atoms with E-state index in [1.54, 1.807) is 0 Å². The van der Waals surface area contributed by atoms with Gasteiger partial charge in [-0.25, -0.2) is 0 Å². The average molecular weight is 259 g/mol. The van der Waals surface area contributed by atoms with Gasteiger partial charge in [-0.15, -0.1) is 0 Å². The predicted octanol–water partition coefficient (Wildman–Crippen LogP) is 3.82. The maximum atomic E-state index is 9.12. The molecule has 0 radical (unpaired) electrons. The van der Waals surface area contributed by atoms with E-state index < -0.39 is 13.3 Å². The molecule has 84 valence electrons. The number of rotatable bonds is 7. The molecular formula is C12H26GeO. The molecule has 0 aromatic rings. The molecule has 1 atom stereocenters. The fourth-order valence-electron chi connectivity index (χ4n) is 1.81. The van der Waals surface area contributed by atoms with Crippen LogP contribution in [0.1, 0.15) is 34.1 Å². The second-order valence-corrected chi connectivity index (χ2v) is 15.9. The van der Waals surface area contributed by atoms with Gasteiger partial charge in [0.1, 0.15) is 0 Å². The van der Waals surface area contributed by atoms with E-state index in [-0.39, 0.29) is 6.10 Å². The van der Waals surface area contributed by atoms with Gasteiger partial charge in [0, 0.05) is 0 Å². The Morgan fingerprint density at radius 1 is 1.07 bits per heavy atom. The Hall–Kier alpha value is 0.243. The molecule has 2 heteroatoms. The van der Waals surface area contributed by atoms with E-state index in [4.69, 9.17) is 5.11 Å². The first-order valence-electron chi connectivity index (χ1n) is 5.93. The van der Waals surface area contributed by atoms with Gasteiger partial charge >= 0.3 is 91.8 Å². The van der Waals surface area contributed by atoms with Crippen LogP contribution in [0.4, 0.5) is 0 Å². The van der Waals surface area contributed by atoms with Crippen molar-refractivity contribution in [2.24, 2.45) is 0 Å². The second kappa shape index (κ2) is 7.52. The predicted molar refractivity (Wildman–Crippen MR) is 67.4 cm³/mol. The number of aliphatic hydroxyl groups excluding tert-OH is 1. The summed E-state index contributed by atoms with van der Waals surface area (Å²) in [6.45, 7) is 8.92. The van der Waals surface area contributed by atoms with Gasteiger partial charge in [-0.3, -0.25) is 0 Å². The van der Waals surface area contributed by atoms with Crippen LogP contribution in [0.15, 0.2) is 12.2 Å². The molecule has 0 aliphatic rings. The molecule has 0 amide bonds. The van der Waals surface area contributed by atoms with Gasteiger partial charge < -0.3 is 0 Å². The zero-order valence-electron chi connectivity index (χ0n) is 10.2. The molecule has 1 N–H and O–H groups in total. The molecule has 0 rings (SSSR count). The Morgan fingerprint density at radius 2 is 1.57 bits per heavy atom. The van der Waals surface area contributed by atoms with Gasteiger partial charge in [-0.2, -0.15) is 0 Å². The molecule has 0 spiro atoms. The molecule has 0 aromatic carbocycles. The summed E-state index contributed by atoms with van der Waals surface area (Å²) in [5, 5.41) is 14.8. The number of hydrogen-bond acceptors (Lipinski definition) is 1. The molecule has 14 heavy (non-hydrogen) atoms. The van der Waals surface area contributed by atoms with E-state index in [9.17, 15) is 0 Å². The minimum absolute atomic E-state index is 0.182. The summed E-state index contributed by atoms with van der Waals surface area (Å²) in [6.07, 6.45) is 5.11. The van der Waals surface area contributed by atoms with Gasteiger partial charge in [-0.05, 0) is 0 Å². The van der Waals surface area contributed by atoms with Crippen molar-refractivity contribution in [1.82, 2.24) is 0 Å². The Labute approximate surface area is 92.0 Å². The summed E-state index contributed by atoms with van der Waals surface area (Å²) in [7, 11) is 0. The molecule has 0 aliphatic carbocycles. The summed E-state index contributed by atoms with van der Waals surface area (Å²) >= 11 is -1.47. The molecule has 0 aliphatic heterocycles. The first-order chi connectivity index (χ1) is 6.60. The van der Waals surface area contributed by atoms with Gasteiger partial charge in [0.15, 0.2) is 0 Å². The zero-order chi connectivity index (χ0) is 11.0. The van der Waals surface area contributed by atoms with Gasteiger partial charge in [0.2, 0.25) is 0 Å². The van der Waals surface area contributed by atoms with Crippen molar-refractivity contribution in [2.45, 2.75) is 61.2 Å².